The first-order chi connectivity index (χ1) is 13.3. The molecule has 0 radical (unpaired) electrons. The van der Waals surface area contributed by atoms with E-state index in [0.29, 0.717) is 11.4 Å². The molecule has 1 N–H and O–H groups in total. The van der Waals surface area contributed by atoms with Gasteiger partial charge in [-0.1, -0.05) is 25.1 Å². The van der Waals surface area contributed by atoms with Gasteiger partial charge in [0.15, 0.2) is 6.10 Å². The summed E-state index contributed by atoms with van der Waals surface area (Å²) in [7, 11) is 1.75. The Morgan fingerprint density at radius 3 is 2.46 bits per heavy atom. The van der Waals surface area contributed by atoms with E-state index in [2.05, 4.69) is 5.32 Å². The number of carbonyl (C=O) groups excluding carboxylic acids is 2. The molecule has 0 unspecified atom stereocenters. The molecule has 152 valence electrons. The number of carbonyl (C=O) groups is 2. The van der Waals surface area contributed by atoms with Crippen molar-refractivity contribution in [1.29, 1.82) is 0 Å². The molecule has 1 amide bonds. The van der Waals surface area contributed by atoms with Gasteiger partial charge in [0.2, 0.25) is 0 Å². The number of benzene rings is 1. The Labute approximate surface area is 169 Å². The van der Waals surface area contributed by atoms with E-state index in [1.54, 1.807) is 30.4 Å². The lowest BCUT2D eigenvalue weighted by molar-refractivity contribution is -0.153. The van der Waals surface area contributed by atoms with Crippen molar-refractivity contribution in [2.75, 3.05) is 11.6 Å². The van der Waals surface area contributed by atoms with Crippen LogP contribution in [0.25, 0.3) is 5.69 Å². The fraction of sp³-hybridized carbons (Fsp3) is 0.450. The van der Waals surface area contributed by atoms with Crippen LogP contribution in [0, 0.1) is 6.92 Å². The summed E-state index contributed by atoms with van der Waals surface area (Å²) in [5, 5.41) is 2.78. The zero-order valence-corrected chi connectivity index (χ0v) is 17.7. The molecule has 0 aliphatic heterocycles. The molecule has 0 saturated heterocycles. The summed E-state index contributed by atoms with van der Waals surface area (Å²) in [6, 6.07) is 9.16. The maximum Gasteiger partial charge on any atom is 0.307 e. The van der Waals surface area contributed by atoms with Gasteiger partial charge >= 0.3 is 5.97 Å². The van der Waals surface area contributed by atoms with Crippen molar-refractivity contribution in [2.24, 2.45) is 7.05 Å². The number of para-hydroxylation sites is 1. The monoisotopic (exact) mass is 405 g/mol. The standard InChI is InChI=1S/C20H27N3O4S/c1-6-16(28-5)12-17(24)27-14(3)19(25)21-18-13(2)22(4)23(20(18)26)15-10-8-7-9-11-15/h7-11,14,16H,6,12H2,1-5H3,(H,21,25)/t14-,16+/m0/s1. The predicted molar refractivity (Wildman–Crippen MR) is 112 cm³/mol. The summed E-state index contributed by atoms with van der Waals surface area (Å²) < 4.78 is 8.39. The Bertz CT molecular complexity index is 885. The van der Waals surface area contributed by atoms with E-state index in [1.165, 1.54) is 11.6 Å². The molecule has 8 heteroatoms. The summed E-state index contributed by atoms with van der Waals surface area (Å²) in [6.45, 7) is 5.25. The molecule has 7 nitrogen and oxygen atoms in total. The average molecular weight is 406 g/mol. The number of nitrogens with zero attached hydrogens (tertiary/aromatic N) is 2. The lowest BCUT2D eigenvalue weighted by Crippen LogP contribution is -2.32. The number of hydrogen-bond donors (Lipinski definition) is 1. The van der Waals surface area contributed by atoms with Gasteiger partial charge in [0.05, 0.1) is 17.8 Å². The van der Waals surface area contributed by atoms with E-state index in [1.807, 2.05) is 43.5 Å². The largest absolute Gasteiger partial charge is 0.452 e. The van der Waals surface area contributed by atoms with Gasteiger partial charge in [0.1, 0.15) is 5.69 Å². The SMILES string of the molecule is CC[C@H](CC(=O)O[C@@H](C)C(=O)Nc1c(C)n(C)n(-c2ccccc2)c1=O)SC. The van der Waals surface area contributed by atoms with Gasteiger partial charge in [0.25, 0.3) is 11.5 Å². The Kier molecular flexibility index (Phi) is 7.51. The number of nitrogens with one attached hydrogen (secondary N) is 1. The molecule has 28 heavy (non-hydrogen) atoms. The van der Waals surface area contributed by atoms with E-state index in [9.17, 15) is 14.4 Å². The molecule has 0 fully saturated rings. The Morgan fingerprint density at radius 1 is 1.25 bits per heavy atom. The number of rotatable bonds is 8. The van der Waals surface area contributed by atoms with Crippen molar-refractivity contribution >= 4 is 29.3 Å². The number of amides is 1. The van der Waals surface area contributed by atoms with Crippen LogP contribution >= 0.6 is 11.8 Å². The maximum absolute atomic E-state index is 12.8. The van der Waals surface area contributed by atoms with E-state index in [0.717, 1.165) is 6.42 Å². The van der Waals surface area contributed by atoms with Crippen LogP contribution in [0.2, 0.25) is 0 Å². The maximum atomic E-state index is 12.8. The van der Waals surface area contributed by atoms with Crippen molar-refractivity contribution in [3.63, 3.8) is 0 Å². The van der Waals surface area contributed by atoms with Gasteiger partial charge in [-0.2, -0.15) is 11.8 Å². The molecule has 0 aliphatic rings. The van der Waals surface area contributed by atoms with Crippen LogP contribution in [0.15, 0.2) is 35.1 Å². The molecule has 0 spiro atoms. The molecule has 2 rings (SSSR count). The first-order valence-corrected chi connectivity index (χ1v) is 10.5. The lowest BCUT2D eigenvalue weighted by Gasteiger charge is -2.15. The Balaban J connectivity index is 2.14. The molecule has 1 aromatic carbocycles. The molecular formula is C20H27N3O4S. The van der Waals surface area contributed by atoms with E-state index >= 15 is 0 Å². The van der Waals surface area contributed by atoms with Crippen molar-refractivity contribution in [2.45, 2.75) is 45.0 Å². The fourth-order valence-corrected chi connectivity index (χ4v) is 3.45. The minimum atomic E-state index is -0.990. The molecule has 0 bridgehead atoms. The zero-order chi connectivity index (χ0) is 20.8. The Morgan fingerprint density at radius 2 is 1.89 bits per heavy atom. The van der Waals surface area contributed by atoms with E-state index in [4.69, 9.17) is 4.74 Å². The smallest absolute Gasteiger partial charge is 0.307 e. The second kappa shape index (κ2) is 9.64. The number of hydrogen-bond acceptors (Lipinski definition) is 5. The van der Waals surface area contributed by atoms with Crippen LogP contribution in [-0.4, -0.2) is 38.8 Å². The third-order valence-electron chi connectivity index (χ3n) is 4.66. The van der Waals surface area contributed by atoms with E-state index < -0.39 is 18.0 Å². The zero-order valence-electron chi connectivity index (χ0n) is 16.9. The van der Waals surface area contributed by atoms with Gasteiger partial charge in [-0.3, -0.25) is 19.1 Å². The number of esters is 1. The number of aromatic nitrogens is 2. The summed E-state index contributed by atoms with van der Waals surface area (Å²) in [4.78, 5) is 37.3. The van der Waals surface area contributed by atoms with Crippen molar-refractivity contribution in [3.05, 3.63) is 46.4 Å². The highest BCUT2D eigenvalue weighted by Crippen LogP contribution is 2.17. The predicted octanol–water partition coefficient (Wildman–Crippen LogP) is 2.89. The summed E-state index contributed by atoms with van der Waals surface area (Å²) in [5.74, 6) is -0.952. The molecule has 1 aromatic heterocycles. The molecule has 2 aromatic rings. The summed E-state index contributed by atoms with van der Waals surface area (Å²) in [6.07, 6.45) is 2.05. The second-order valence-corrected chi connectivity index (χ2v) is 7.67. The number of thioether (sulfide) groups is 1. The number of ether oxygens (including phenoxy) is 1. The Hall–Kier alpha value is -2.48. The van der Waals surface area contributed by atoms with Crippen LogP contribution in [-0.2, 0) is 21.4 Å². The first kappa shape index (κ1) is 21.8. The third kappa shape index (κ3) is 4.86. The molecule has 0 saturated carbocycles. The van der Waals surface area contributed by atoms with Gasteiger partial charge in [-0.05, 0) is 38.7 Å². The third-order valence-corrected chi connectivity index (χ3v) is 5.83. The van der Waals surface area contributed by atoms with Crippen LogP contribution in [0.1, 0.15) is 32.4 Å². The van der Waals surface area contributed by atoms with Crippen LogP contribution in [0.3, 0.4) is 0 Å². The van der Waals surface area contributed by atoms with Crippen molar-refractivity contribution in [3.8, 4) is 5.69 Å². The second-order valence-electron chi connectivity index (χ2n) is 6.53. The van der Waals surface area contributed by atoms with Crippen molar-refractivity contribution in [1.82, 2.24) is 9.36 Å². The average Bonchev–Trinajstić information content (AvgIpc) is 2.89. The van der Waals surface area contributed by atoms with Crippen LogP contribution < -0.4 is 10.9 Å². The topological polar surface area (TPSA) is 82.3 Å². The van der Waals surface area contributed by atoms with Crippen LogP contribution in [0.4, 0.5) is 5.69 Å². The highest BCUT2D eigenvalue weighted by atomic mass is 32.2. The van der Waals surface area contributed by atoms with Gasteiger partial charge in [-0.25, -0.2) is 4.68 Å². The molecular weight excluding hydrogens is 378 g/mol. The summed E-state index contributed by atoms with van der Waals surface area (Å²) >= 11 is 1.59. The van der Waals surface area contributed by atoms with Crippen LogP contribution in [0.5, 0.6) is 0 Å². The van der Waals surface area contributed by atoms with Gasteiger partial charge in [0, 0.05) is 12.3 Å². The lowest BCUT2D eigenvalue weighted by atomic mass is 10.2. The quantitative estimate of drug-likeness (QED) is 0.683. The molecule has 2 atom stereocenters. The molecule has 1 heterocycles. The normalized spacial score (nSPS) is 13.0. The minimum Gasteiger partial charge on any atom is -0.452 e. The highest BCUT2D eigenvalue weighted by molar-refractivity contribution is 7.99. The number of anilines is 1. The minimum absolute atomic E-state index is 0.164. The van der Waals surface area contributed by atoms with E-state index in [-0.39, 0.29) is 22.9 Å². The van der Waals surface area contributed by atoms with Crippen molar-refractivity contribution < 1.29 is 14.3 Å². The molecule has 0 aliphatic carbocycles. The highest BCUT2D eigenvalue weighted by Gasteiger charge is 2.24. The van der Waals surface area contributed by atoms with Gasteiger partial charge < -0.3 is 10.1 Å². The van der Waals surface area contributed by atoms with Gasteiger partial charge in [-0.15, -0.1) is 0 Å². The summed E-state index contributed by atoms with van der Waals surface area (Å²) in [5.41, 5.74) is 1.14. The fourth-order valence-electron chi connectivity index (χ4n) is 2.82. The first-order valence-electron chi connectivity index (χ1n) is 9.17.